The molecule has 0 saturated carbocycles. The van der Waals surface area contributed by atoms with E-state index in [1.165, 1.54) is 20.2 Å². The molecule has 0 aliphatic heterocycles. The van der Waals surface area contributed by atoms with Crippen LogP contribution in [0, 0.1) is 0 Å². The standard InChI is InChI=1S/C25H33N3O5S/c1-5-7-14-28(15-8-6-2)21-17-23(33-22-11-9-10-20-18(22)12-13-26-20)24(16-19(21)25(29)30)34(31,32)27(3)4/h9-13,16-17,26H,5-8,14-15H2,1-4H3,(H,29,30). The highest BCUT2D eigenvalue weighted by Crippen LogP contribution is 2.39. The van der Waals surface area contributed by atoms with E-state index in [1.54, 1.807) is 18.3 Å². The van der Waals surface area contributed by atoms with E-state index >= 15 is 0 Å². The Morgan fingerprint density at radius 1 is 1.03 bits per heavy atom. The number of fused-ring (bicyclic) bond motifs is 1. The number of anilines is 1. The van der Waals surface area contributed by atoms with Crippen LogP contribution in [-0.4, -0.2) is 56.0 Å². The number of rotatable bonds is 12. The van der Waals surface area contributed by atoms with Crippen LogP contribution in [0.1, 0.15) is 49.9 Å². The molecular formula is C25H33N3O5S. The lowest BCUT2D eigenvalue weighted by atomic mass is 10.1. The highest BCUT2D eigenvalue weighted by atomic mass is 32.2. The molecular weight excluding hydrogens is 454 g/mol. The smallest absolute Gasteiger partial charge is 0.337 e. The van der Waals surface area contributed by atoms with Gasteiger partial charge in [-0.25, -0.2) is 17.5 Å². The van der Waals surface area contributed by atoms with Crippen molar-refractivity contribution in [2.75, 3.05) is 32.1 Å². The van der Waals surface area contributed by atoms with E-state index in [4.69, 9.17) is 4.74 Å². The topological polar surface area (TPSA) is 103 Å². The van der Waals surface area contributed by atoms with E-state index in [-0.39, 0.29) is 16.2 Å². The van der Waals surface area contributed by atoms with Crippen molar-refractivity contribution in [2.24, 2.45) is 0 Å². The van der Waals surface area contributed by atoms with Crippen molar-refractivity contribution in [3.8, 4) is 11.5 Å². The molecule has 34 heavy (non-hydrogen) atoms. The fraction of sp³-hybridized carbons (Fsp3) is 0.400. The number of H-pyrrole nitrogens is 1. The molecule has 0 spiro atoms. The number of aromatic nitrogens is 1. The number of carbonyl (C=O) groups is 1. The van der Waals surface area contributed by atoms with Crippen LogP contribution >= 0.6 is 0 Å². The summed E-state index contributed by atoms with van der Waals surface area (Å²) in [6, 6.07) is 10.1. The fourth-order valence-corrected chi connectivity index (χ4v) is 4.79. The van der Waals surface area contributed by atoms with E-state index < -0.39 is 16.0 Å². The van der Waals surface area contributed by atoms with Crippen LogP contribution in [0.5, 0.6) is 11.5 Å². The number of aromatic amines is 1. The van der Waals surface area contributed by atoms with Crippen LogP contribution in [0.4, 0.5) is 5.69 Å². The third-order valence-electron chi connectivity index (χ3n) is 5.73. The zero-order valence-electron chi connectivity index (χ0n) is 20.2. The van der Waals surface area contributed by atoms with Gasteiger partial charge in [0.1, 0.15) is 16.4 Å². The number of sulfonamides is 1. The zero-order valence-corrected chi connectivity index (χ0v) is 21.0. The first kappa shape index (κ1) is 25.6. The van der Waals surface area contributed by atoms with Gasteiger partial charge in [-0.05, 0) is 37.1 Å². The van der Waals surface area contributed by atoms with Crippen LogP contribution in [-0.2, 0) is 10.0 Å². The van der Waals surface area contributed by atoms with Gasteiger partial charge in [0.25, 0.3) is 0 Å². The molecule has 0 unspecified atom stereocenters. The Balaban J connectivity index is 2.24. The van der Waals surface area contributed by atoms with Crippen LogP contribution in [0.25, 0.3) is 10.9 Å². The van der Waals surface area contributed by atoms with Crippen molar-refractivity contribution in [3.63, 3.8) is 0 Å². The second-order valence-corrected chi connectivity index (χ2v) is 10.5. The molecule has 1 heterocycles. The lowest BCUT2D eigenvalue weighted by Gasteiger charge is -2.28. The number of nitrogens with one attached hydrogen (secondary N) is 1. The van der Waals surface area contributed by atoms with Gasteiger partial charge in [0.05, 0.1) is 11.3 Å². The average molecular weight is 488 g/mol. The molecule has 0 radical (unpaired) electrons. The Kier molecular flexibility index (Phi) is 8.22. The lowest BCUT2D eigenvalue weighted by Crippen LogP contribution is -2.28. The molecule has 3 rings (SSSR count). The molecule has 0 bridgehead atoms. The molecule has 2 N–H and O–H groups in total. The number of nitrogens with zero attached hydrogens (tertiary/aromatic N) is 2. The summed E-state index contributed by atoms with van der Waals surface area (Å²) in [5, 5.41) is 10.8. The summed E-state index contributed by atoms with van der Waals surface area (Å²) in [5.74, 6) is -0.598. The van der Waals surface area contributed by atoms with Gasteiger partial charge >= 0.3 is 5.97 Å². The van der Waals surface area contributed by atoms with Crippen molar-refractivity contribution < 1.29 is 23.1 Å². The largest absolute Gasteiger partial charge is 0.478 e. The first-order valence-electron chi connectivity index (χ1n) is 11.5. The molecule has 0 aliphatic rings. The number of ether oxygens (including phenoxy) is 1. The molecule has 1 aromatic heterocycles. The Morgan fingerprint density at radius 2 is 1.71 bits per heavy atom. The van der Waals surface area contributed by atoms with Crippen molar-refractivity contribution in [1.29, 1.82) is 0 Å². The molecule has 0 saturated heterocycles. The summed E-state index contributed by atoms with van der Waals surface area (Å²) in [6.45, 7) is 5.50. The number of aromatic carboxylic acids is 1. The number of unbranched alkanes of at least 4 members (excludes halogenated alkanes) is 2. The summed E-state index contributed by atoms with van der Waals surface area (Å²) < 4.78 is 33.6. The molecule has 3 aromatic rings. The van der Waals surface area contributed by atoms with E-state index in [0.717, 1.165) is 40.9 Å². The molecule has 2 aromatic carbocycles. The molecule has 0 atom stereocenters. The maximum absolute atomic E-state index is 13.2. The number of carboxylic acid groups (broad SMARTS) is 1. The maximum Gasteiger partial charge on any atom is 0.337 e. The average Bonchev–Trinajstić information content (AvgIpc) is 3.28. The predicted octanol–water partition coefficient (Wildman–Crippen LogP) is 5.32. The number of carboxylic acids is 1. The monoisotopic (exact) mass is 487 g/mol. The van der Waals surface area contributed by atoms with Gasteiger partial charge in [-0.3, -0.25) is 0 Å². The van der Waals surface area contributed by atoms with Crippen LogP contribution in [0.15, 0.2) is 47.5 Å². The van der Waals surface area contributed by atoms with Crippen molar-refractivity contribution in [2.45, 2.75) is 44.4 Å². The first-order valence-corrected chi connectivity index (χ1v) is 13.0. The van der Waals surface area contributed by atoms with E-state index in [0.29, 0.717) is 24.5 Å². The third kappa shape index (κ3) is 5.37. The van der Waals surface area contributed by atoms with Crippen LogP contribution in [0.3, 0.4) is 0 Å². The summed E-state index contributed by atoms with van der Waals surface area (Å²) in [4.78, 5) is 17.2. The highest BCUT2D eigenvalue weighted by molar-refractivity contribution is 7.89. The minimum Gasteiger partial charge on any atom is -0.478 e. The van der Waals surface area contributed by atoms with Gasteiger partial charge in [-0.2, -0.15) is 0 Å². The van der Waals surface area contributed by atoms with Crippen LogP contribution in [0.2, 0.25) is 0 Å². The second-order valence-electron chi connectivity index (χ2n) is 8.40. The fourth-order valence-electron chi connectivity index (χ4n) is 3.77. The van der Waals surface area contributed by atoms with Crippen molar-refractivity contribution in [1.82, 2.24) is 9.29 Å². The van der Waals surface area contributed by atoms with Gasteiger partial charge < -0.3 is 19.7 Å². The van der Waals surface area contributed by atoms with Crippen molar-refractivity contribution >= 4 is 32.6 Å². The predicted molar refractivity (Wildman–Crippen MR) is 135 cm³/mol. The Bertz CT molecular complexity index is 1240. The van der Waals surface area contributed by atoms with E-state index in [2.05, 4.69) is 18.8 Å². The lowest BCUT2D eigenvalue weighted by molar-refractivity contribution is 0.0697. The molecule has 0 aliphatic carbocycles. The molecule has 184 valence electrons. The molecule has 9 heteroatoms. The highest BCUT2D eigenvalue weighted by Gasteiger charge is 2.28. The summed E-state index contributed by atoms with van der Waals surface area (Å²) in [5.41, 5.74) is 1.26. The van der Waals surface area contributed by atoms with E-state index in [9.17, 15) is 18.3 Å². The molecule has 0 amide bonds. The van der Waals surface area contributed by atoms with Gasteiger partial charge in [0.2, 0.25) is 10.0 Å². The normalized spacial score (nSPS) is 11.8. The Morgan fingerprint density at radius 3 is 2.29 bits per heavy atom. The van der Waals surface area contributed by atoms with Gasteiger partial charge in [-0.15, -0.1) is 0 Å². The molecule has 8 nitrogen and oxygen atoms in total. The second kappa shape index (κ2) is 10.9. The number of hydrogen-bond acceptors (Lipinski definition) is 5. The van der Waals surface area contributed by atoms with Crippen LogP contribution < -0.4 is 9.64 Å². The quantitative estimate of drug-likeness (QED) is 0.359. The van der Waals surface area contributed by atoms with Crippen molar-refractivity contribution in [3.05, 3.63) is 48.2 Å². The number of hydrogen-bond donors (Lipinski definition) is 2. The maximum atomic E-state index is 13.2. The summed E-state index contributed by atoms with van der Waals surface area (Å²) in [7, 11) is -1.16. The molecule has 0 fully saturated rings. The van der Waals surface area contributed by atoms with Gasteiger partial charge in [0, 0.05) is 50.4 Å². The van der Waals surface area contributed by atoms with Gasteiger partial charge in [0.15, 0.2) is 0 Å². The number of benzene rings is 2. The Labute approximate surface area is 201 Å². The van der Waals surface area contributed by atoms with Gasteiger partial charge in [-0.1, -0.05) is 32.8 Å². The first-order chi connectivity index (χ1) is 16.2. The minimum absolute atomic E-state index is 0.0557. The summed E-state index contributed by atoms with van der Waals surface area (Å²) in [6.07, 6.45) is 5.47. The van der Waals surface area contributed by atoms with E-state index in [1.807, 2.05) is 23.1 Å². The minimum atomic E-state index is -3.98. The SMILES string of the molecule is CCCCN(CCCC)c1cc(Oc2cccc3[nH]ccc23)c(S(=O)(=O)N(C)C)cc1C(=O)O. The Hall–Kier alpha value is -3.04. The third-order valence-corrected chi connectivity index (χ3v) is 7.57. The summed E-state index contributed by atoms with van der Waals surface area (Å²) >= 11 is 0. The zero-order chi connectivity index (χ0) is 24.9.